The second-order valence-corrected chi connectivity index (χ2v) is 4.83. The van der Waals surface area contributed by atoms with Crippen LogP contribution < -0.4 is 5.32 Å². The van der Waals surface area contributed by atoms with Gasteiger partial charge in [-0.3, -0.25) is 4.90 Å². The van der Waals surface area contributed by atoms with E-state index in [0.29, 0.717) is 6.04 Å². The lowest BCUT2D eigenvalue weighted by Gasteiger charge is -2.33. The largest absolute Gasteiger partial charge is 0.384 e. The Morgan fingerprint density at radius 1 is 1.53 bits per heavy atom. The van der Waals surface area contributed by atoms with Crippen LogP contribution in [0.4, 0.5) is 5.69 Å². The molecule has 0 radical (unpaired) electrons. The summed E-state index contributed by atoms with van der Waals surface area (Å²) in [5.74, 6) is 0. The standard InChI is InChI=1S/C13H19ClN2O/c1-11-10-17-8-7-16(11)6-5-15-13-4-2-3-12(14)9-13/h2-4,9,11,15H,5-8,10H2,1H3. The van der Waals surface area contributed by atoms with E-state index in [1.54, 1.807) is 0 Å². The van der Waals surface area contributed by atoms with Crippen molar-refractivity contribution < 1.29 is 4.74 Å². The maximum Gasteiger partial charge on any atom is 0.0619 e. The van der Waals surface area contributed by atoms with Gasteiger partial charge in [-0.15, -0.1) is 0 Å². The van der Waals surface area contributed by atoms with Crippen LogP contribution in [0.25, 0.3) is 0 Å². The number of benzene rings is 1. The van der Waals surface area contributed by atoms with Crippen LogP contribution in [0.3, 0.4) is 0 Å². The number of hydrogen-bond donors (Lipinski definition) is 1. The lowest BCUT2D eigenvalue weighted by molar-refractivity contribution is 0.00181. The lowest BCUT2D eigenvalue weighted by Crippen LogP contribution is -2.45. The number of hydrogen-bond acceptors (Lipinski definition) is 3. The molecule has 1 unspecified atom stereocenters. The van der Waals surface area contributed by atoms with Crippen LogP contribution in [0, 0.1) is 0 Å². The molecule has 1 heterocycles. The maximum absolute atomic E-state index is 5.93. The smallest absolute Gasteiger partial charge is 0.0619 e. The van der Waals surface area contributed by atoms with Crippen molar-refractivity contribution in [2.45, 2.75) is 13.0 Å². The van der Waals surface area contributed by atoms with E-state index in [0.717, 1.165) is 43.6 Å². The highest BCUT2D eigenvalue weighted by Gasteiger charge is 2.17. The number of nitrogens with zero attached hydrogens (tertiary/aromatic N) is 1. The minimum absolute atomic E-state index is 0.518. The summed E-state index contributed by atoms with van der Waals surface area (Å²) < 4.78 is 5.41. The molecule has 1 aliphatic heterocycles. The van der Waals surface area contributed by atoms with Crippen LogP contribution in [0.5, 0.6) is 0 Å². The number of anilines is 1. The normalized spacial score (nSPS) is 21.4. The van der Waals surface area contributed by atoms with Crippen LogP contribution >= 0.6 is 11.6 Å². The van der Waals surface area contributed by atoms with Gasteiger partial charge < -0.3 is 10.1 Å². The van der Waals surface area contributed by atoms with Crippen molar-refractivity contribution in [1.29, 1.82) is 0 Å². The Morgan fingerprint density at radius 2 is 2.41 bits per heavy atom. The predicted molar refractivity (Wildman–Crippen MR) is 71.8 cm³/mol. The van der Waals surface area contributed by atoms with Gasteiger partial charge in [0.25, 0.3) is 0 Å². The van der Waals surface area contributed by atoms with Crippen molar-refractivity contribution in [3.63, 3.8) is 0 Å². The molecule has 0 aromatic heterocycles. The average Bonchev–Trinajstić information content (AvgIpc) is 2.32. The first-order valence-electron chi connectivity index (χ1n) is 6.07. The molecule has 0 aliphatic carbocycles. The van der Waals surface area contributed by atoms with Gasteiger partial charge in [0.15, 0.2) is 0 Å². The SMILES string of the molecule is CC1COCCN1CCNc1cccc(Cl)c1. The molecule has 1 saturated heterocycles. The molecule has 17 heavy (non-hydrogen) atoms. The molecule has 94 valence electrons. The van der Waals surface area contributed by atoms with E-state index in [2.05, 4.69) is 17.1 Å². The van der Waals surface area contributed by atoms with Crippen molar-refractivity contribution in [3.05, 3.63) is 29.3 Å². The topological polar surface area (TPSA) is 24.5 Å². The van der Waals surface area contributed by atoms with Gasteiger partial charge in [-0.2, -0.15) is 0 Å². The first-order chi connectivity index (χ1) is 8.25. The number of ether oxygens (including phenoxy) is 1. The first-order valence-corrected chi connectivity index (χ1v) is 6.45. The zero-order valence-corrected chi connectivity index (χ0v) is 10.9. The maximum atomic E-state index is 5.93. The van der Waals surface area contributed by atoms with Crippen LogP contribution in [0.2, 0.25) is 5.02 Å². The van der Waals surface area contributed by atoms with Gasteiger partial charge in [0.2, 0.25) is 0 Å². The van der Waals surface area contributed by atoms with E-state index in [9.17, 15) is 0 Å². The fourth-order valence-corrected chi connectivity index (χ4v) is 2.23. The second-order valence-electron chi connectivity index (χ2n) is 4.40. The number of morpholine rings is 1. The van der Waals surface area contributed by atoms with Gasteiger partial charge in [0.05, 0.1) is 13.2 Å². The molecule has 1 aliphatic rings. The molecule has 4 heteroatoms. The summed E-state index contributed by atoms with van der Waals surface area (Å²) in [4.78, 5) is 2.45. The van der Waals surface area contributed by atoms with Crippen molar-refractivity contribution >= 4 is 17.3 Å². The van der Waals surface area contributed by atoms with Gasteiger partial charge in [-0.05, 0) is 25.1 Å². The highest BCUT2D eigenvalue weighted by molar-refractivity contribution is 6.30. The van der Waals surface area contributed by atoms with Gasteiger partial charge in [-0.1, -0.05) is 17.7 Å². The van der Waals surface area contributed by atoms with Gasteiger partial charge >= 0.3 is 0 Å². The minimum Gasteiger partial charge on any atom is -0.384 e. The van der Waals surface area contributed by atoms with E-state index >= 15 is 0 Å². The Labute approximate surface area is 108 Å². The van der Waals surface area contributed by atoms with Crippen molar-refractivity contribution in [2.75, 3.05) is 38.2 Å². The molecular weight excluding hydrogens is 236 g/mol. The predicted octanol–water partition coefficient (Wildman–Crippen LogP) is 2.47. The van der Waals surface area contributed by atoms with E-state index < -0.39 is 0 Å². The minimum atomic E-state index is 0.518. The number of rotatable bonds is 4. The average molecular weight is 255 g/mol. The molecule has 0 amide bonds. The highest BCUT2D eigenvalue weighted by atomic mass is 35.5. The summed E-state index contributed by atoms with van der Waals surface area (Å²) in [6.07, 6.45) is 0. The van der Waals surface area contributed by atoms with Crippen molar-refractivity contribution in [3.8, 4) is 0 Å². The molecule has 0 bridgehead atoms. The number of nitrogens with one attached hydrogen (secondary N) is 1. The summed E-state index contributed by atoms with van der Waals surface area (Å²) in [7, 11) is 0. The van der Waals surface area contributed by atoms with Crippen LogP contribution in [-0.2, 0) is 4.74 Å². The Bertz CT molecular complexity index is 359. The van der Waals surface area contributed by atoms with E-state index in [1.165, 1.54) is 0 Å². The Morgan fingerprint density at radius 3 is 3.18 bits per heavy atom. The Balaban J connectivity index is 1.75. The fraction of sp³-hybridized carbons (Fsp3) is 0.538. The Kier molecular flexibility index (Phi) is 4.66. The van der Waals surface area contributed by atoms with Gasteiger partial charge in [0, 0.05) is 36.4 Å². The molecular formula is C13H19ClN2O. The number of halogens is 1. The third-order valence-electron chi connectivity index (χ3n) is 3.06. The third-order valence-corrected chi connectivity index (χ3v) is 3.29. The third kappa shape index (κ3) is 3.87. The van der Waals surface area contributed by atoms with Crippen LogP contribution in [-0.4, -0.2) is 43.8 Å². The van der Waals surface area contributed by atoms with E-state index in [-0.39, 0.29) is 0 Å². The van der Waals surface area contributed by atoms with E-state index in [4.69, 9.17) is 16.3 Å². The summed E-state index contributed by atoms with van der Waals surface area (Å²) in [6.45, 7) is 6.90. The molecule has 1 atom stereocenters. The van der Waals surface area contributed by atoms with Gasteiger partial charge in [0.1, 0.15) is 0 Å². The molecule has 0 spiro atoms. The Hall–Kier alpha value is -0.770. The molecule has 1 fully saturated rings. The highest BCUT2D eigenvalue weighted by Crippen LogP contribution is 2.14. The monoisotopic (exact) mass is 254 g/mol. The summed E-state index contributed by atoms with van der Waals surface area (Å²) >= 11 is 5.93. The molecule has 3 nitrogen and oxygen atoms in total. The zero-order chi connectivity index (χ0) is 12.1. The quantitative estimate of drug-likeness (QED) is 0.894. The summed E-state index contributed by atoms with van der Waals surface area (Å²) in [5.41, 5.74) is 1.08. The molecule has 2 rings (SSSR count). The van der Waals surface area contributed by atoms with Gasteiger partial charge in [-0.25, -0.2) is 0 Å². The van der Waals surface area contributed by atoms with Crippen molar-refractivity contribution in [2.24, 2.45) is 0 Å². The lowest BCUT2D eigenvalue weighted by atomic mass is 10.2. The van der Waals surface area contributed by atoms with Crippen molar-refractivity contribution in [1.82, 2.24) is 4.90 Å². The van der Waals surface area contributed by atoms with Crippen LogP contribution in [0.1, 0.15) is 6.92 Å². The first kappa shape index (κ1) is 12.7. The molecule has 1 aromatic carbocycles. The molecule has 1 aromatic rings. The molecule has 0 saturated carbocycles. The molecule has 1 N–H and O–H groups in total. The fourth-order valence-electron chi connectivity index (χ4n) is 2.04. The summed E-state index contributed by atoms with van der Waals surface area (Å²) in [6, 6.07) is 8.35. The zero-order valence-electron chi connectivity index (χ0n) is 10.2. The van der Waals surface area contributed by atoms with Crippen LogP contribution in [0.15, 0.2) is 24.3 Å². The van der Waals surface area contributed by atoms with E-state index in [1.807, 2.05) is 24.3 Å². The summed E-state index contributed by atoms with van der Waals surface area (Å²) in [5, 5.41) is 4.16. The second kappa shape index (κ2) is 6.24.